The molecule has 1 aliphatic rings. The Hall–Kier alpha value is -3.90. The first-order valence-electron chi connectivity index (χ1n) is 12.1. The predicted molar refractivity (Wildman–Crippen MR) is 162 cm³/mol. The van der Waals surface area contributed by atoms with E-state index in [0.29, 0.717) is 23.7 Å². The number of halogens is 2. The van der Waals surface area contributed by atoms with Gasteiger partial charge in [-0.25, -0.2) is 4.39 Å². The zero-order valence-corrected chi connectivity index (χ0v) is 24.1. The SMILES string of the molecule is COc1cc(/C=C2/SC(=O)N(CC(=O)Nc3cccc(F)c3)C2=O)cc(I)c1OCc1ccc2ccccc2c1. The quantitative estimate of drug-likeness (QED) is 0.164. The molecule has 0 aromatic heterocycles. The molecule has 4 aromatic rings. The molecule has 1 heterocycles. The minimum Gasteiger partial charge on any atom is -0.493 e. The van der Waals surface area contributed by atoms with Gasteiger partial charge in [0, 0.05) is 5.69 Å². The summed E-state index contributed by atoms with van der Waals surface area (Å²) in [4.78, 5) is 38.9. The lowest BCUT2D eigenvalue weighted by molar-refractivity contribution is -0.127. The third kappa shape index (κ3) is 6.28. The van der Waals surface area contributed by atoms with E-state index in [1.165, 1.54) is 25.3 Å². The number of amides is 3. The van der Waals surface area contributed by atoms with Crippen LogP contribution in [0.3, 0.4) is 0 Å². The fraction of sp³-hybridized carbons (Fsp3) is 0.100. The van der Waals surface area contributed by atoms with Crippen LogP contribution in [-0.4, -0.2) is 35.6 Å². The number of methoxy groups -OCH3 is 1. The molecular formula is C30H22FIN2O5S. The number of nitrogens with zero attached hydrogens (tertiary/aromatic N) is 1. The lowest BCUT2D eigenvalue weighted by Gasteiger charge is -2.14. The first kappa shape index (κ1) is 27.7. The molecule has 10 heteroatoms. The molecule has 7 nitrogen and oxygen atoms in total. The second-order valence-electron chi connectivity index (χ2n) is 8.83. The number of hydrogen-bond acceptors (Lipinski definition) is 6. The molecule has 202 valence electrons. The van der Waals surface area contributed by atoms with Crippen LogP contribution in [0.25, 0.3) is 16.8 Å². The summed E-state index contributed by atoms with van der Waals surface area (Å²) < 4.78 is 25.8. The van der Waals surface area contributed by atoms with Crippen LogP contribution < -0.4 is 14.8 Å². The van der Waals surface area contributed by atoms with Gasteiger partial charge in [-0.3, -0.25) is 19.3 Å². The smallest absolute Gasteiger partial charge is 0.294 e. The summed E-state index contributed by atoms with van der Waals surface area (Å²) in [6.45, 7) is -0.145. The Balaban J connectivity index is 1.29. The minimum atomic E-state index is -0.613. The second kappa shape index (κ2) is 12.1. The zero-order valence-electron chi connectivity index (χ0n) is 21.1. The average molecular weight is 668 g/mol. The number of thioether (sulfide) groups is 1. The highest BCUT2D eigenvalue weighted by Crippen LogP contribution is 2.37. The number of rotatable bonds is 8. The van der Waals surface area contributed by atoms with Crippen molar-refractivity contribution in [1.82, 2.24) is 4.90 Å². The number of anilines is 1. The molecule has 4 aromatic carbocycles. The van der Waals surface area contributed by atoms with Crippen LogP contribution in [-0.2, 0) is 16.2 Å². The molecule has 0 atom stereocenters. The maximum absolute atomic E-state index is 13.4. The number of nitrogens with one attached hydrogen (secondary N) is 1. The molecule has 1 aliphatic heterocycles. The van der Waals surface area contributed by atoms with Crippen LogP contribution in [0.15, 0.2) is 83.8 Å². The third-order valence-electron chi connectivity index (χ3n) is 6.03. The maximum atomic E-state index is 13.4. The number of imide groups is 1. The van der Waals surface area contributed by atoms with Gasteiger partial charge in [-0.05, 0) is 98.7 Å². The Kier molecular flexibility index (Phi) is 8.36. The molecule has 1 N–H and O–H groups in total. The van der Waals surface area contributed by atoms with Crippen LogP contribution in [0.5, 0.6) is 11.5 Å². The Morgan fingerprint density at radius 2 is 1.82 bits per heavy atom. The van der Waals surface area contributed by atoms with Crippen molar-refractivity contribution in [1.29, 1.82) is 0 Å². The highest BCUT2D eigenvalue weighted by molar-refractivity contribution is 14.1. The monoisotopic (exact) mass is 668 g/mol. The van der Waals surface area contributed by atoms with E-state index in [1.54, 1.807) is 12.1 Å². The van der Waals surface area contributed by atoms with Gasteiger partial charge in [-0.2, -0.15) is 0 Å². The van der Waals surface area contributed by atoms with E-state index in [-0.39, 0.29) is 10.6 Å². The fourth-order valence-electron chi connectivity index (χ4n) is 4.15. The van der Waals surface area contributed by atoms with E-state index in [1.807, 2.05) is 24.3 Å². The molecule has 1 saturated heterocycles. The van der Waals surface area contributed by atoms with Gasteiger partial charge in [0.1, 0.15) is 19.0 Å². The van der Waals surface area contributed by atoms with E-state index in [2.05, 4.69) is 52.2 Å². The Labute approximate surface area is 247 Å². The summed E-state index contributed by atoms with van der Waals surface area (Å²) in [6.07, 6.45) is 1.58. The fourth-order valence-corrected chi connectivity index (χ4v) is 5.76. The van der Waals surface area contributed by atoms with Gasteiger partial charge < -0.3 is 14.8 Å². The van der Waals surface area contributed by atoms with Gasteiger partial charge in [0.2, 0.25) is 5.91 Å². The Bertz CT molecular complexity index is 1680. The van der Waals surface area contributed by atoms with E-state index in [9.17, 15) is 18.8 Å². The summed E-state index contributed by atoms with van der Waals surface area (Å²) in [5.74, 6) is -0.668. The molecule has 3 amide bonds. The average Bonchev–Trinajstić information content (AvgIpc) is 3.19. The number of hydrogen-bond donors (Lipinski definition) is 1. The van der Waals surface area contributed by atoms with Gasteiger partial charge in [-0.1, -0.05) is 42.5 Å². The van der Waals surface area contributed by atoms with Gasteiger partial charge in [-0.15, -0.1) is 0 Å². The van der Waals surface area contributed by atoms with Crippen molar-refractivity contribution in [2.45, 2.75) is 6.61 Å². The Morgan fingerprint density at radius 1 is 1.02 bits per heavy atom. The van der Waals surface area contributed by atoms with Crippen molar-refractivity contribution in [2.75, 3.05) is 19.0 Å². The number of benzene rings is 4. The molecular weight excluding hydrogens is 646 g/mol. The zero-order chi connectivity index (χ0) is 28.2. The van der Waals surface area contributed by atoms with E-state index in [0.717, 1.165) is 42.6 Å². The van der Waals surface area contributed by atoms with Crippen molar-refractivity contribution >= 4 is 73.9 Å². The molecule has 1 fully saturated rings. The van der Waals surface area contributed by atoms with Gasteiger partial charge in [0.15, 0.2) is 11.5 Å². The highest BCUT2D eigenvalue weighted by atomic mass is 127. The maximum Gasteiger partial charge on any atom is 0.294 e. The standard InChI is InChI=1S/C30H22FIN2O5S/c1-38-25-13-19(12-24(32)28(25)39-17-18-9-10-20-5-2-3-6-21(20)11-18)14-26-29(36)34(30(37)40-26)16-27(35)33-23-8-4-7-22(31)15-23/h2-15H,16-17H2,1H3,(H,33,35)/b26-14+. The third-order valence-corrected chi connectivity index (χ3v) is 7.74. The van der Waals surface area contributed by atoms with Crippen molar-refractivity contribution in [3.63, 3.8) is 0 Å². The van der Waals surface area contributed by atoms with Crippen LogP contribution in [0.1, 0.15) is 11.1 Å². The lowest BCUT2D eigenvalue weighted by atomic mass is 10.1. The summed E-state index contributed by atoms with van der Waals surface area (Å²) in [7, 11) is 1.53. The van der Waals surface area contributed by atoms with Crippen molar-refractivity contribution < 1.29 is 28.2 Å². The van der Waals surface area contributed by atoms with Crippen LogP contribution >= 0.6 is 34.4 Å². The number of fused-ring (bicyclic) bond motifs is 1. The van der Waals surface area contributed by atoms with Crippen LogP contribution in [0, 0.1) is 9.39 Å². The van der Waals surface area contributed by atoms with Crippen LogP contribution in [0.2, 0.25) is 0 Å². The van der Waals surface area contributed by atoms with Crippen molar-refractivity contribution in [2.24, 2.45) is 0 Å². The van der Waals surface area contributed by atoms with E-state index < -0.39 is 29.4 Å². The molecule has 0 aliphatic carbocycles. The minimum absolute atomic E-state index is 0.172. The number of carbonyl (C=O) groups is 3. The van der Waals surface area contributed by atoms with Crippen molar-refractivity contribution in [3.8, 4) is 11.5 Å². The van der Waals surface area contributed by atoms with Gasteiger partial charge in [0.05, 0.1) is 15.6 Å². The summed E-state index contributed by atoms with van der Waals surface area (Å²) in [5.41, 5.74) is 1.88. The molecule has 40 heavy (non-hydrogen) atoms. The van der Waals surface area contributed by atoms with Gasteiger partial charge in [0.25, 0.3) is 11.1 Å². The topological polar surface area (TPSA) is 84.9 Å². The Morgan fingerprint density at radius 3 is 2.60 bits per heavy atom. The number of ether oxygens (including phenoxy) is 2. The predicted octanol–water partition coefficient (Wildman–Crippen LogP) is 6.85. The van der Waals surface area contributed by atoms with E-state index in [4.69, 9.17) is 9.47 Å². The van der Waals surface area contributed by atoms with Crippen LogP contribution in [0.4, 0.5) is 14.9 Å². The summed E-state index contributed by atoms with van der Waals surface area (Å²) in [5, 5.41) is 4.20. The highest BCUT2D eigenvalue weighted by Gasteiger charge is 2.36. The molecule has 0 spiro atoms. The lowest BCUT2D eigenvalue weighted by Crippen LogP contribution is -2.36. The normalized spacial score (nSPS) is 14.2. The second-order valence-corrected chi connectivity index (χ2v) is 11.0. The molecule has 5 rings (SSSR count). The summed E-state index contributed by atoms with van der Waals surface area (Å²) in [6, 6.07) is 23.2. The first-order valence-corrected chi connectivity index (χ1v) is 14.0. The largest absolute Gasteiger partial charge is 0.493 e. The first-order chi connectivity index (χ1) is 19.3. The molecule has 0 unspecified atom stereocenters. The molecule has 0 radical (unpaired) electrons. The number of carbonyl (C=O) groups excluding carboxylic acids is 3. The van der Waals surface area contributed by atoms with E-state index >= 15 is 0 Å². The summed E-state index contributed by atoms with van der Waals surface area (Å²) >= 11 is 2.88. The molecule has 0 bridgehead atoms. The molecule has 0 saturated carbocycles. The van der Waals surface area contributed by atoms with Crippen molar-refractivity contribution in [3.05, 3.63) is 104 Å². The van der Waals surface area contributed by atoms with Gasteiger partial charge >= 0.3 is 0 Å².